The van der Waals surface area contributed by atoms with Crippen molar-refractivity contribution >= 4 is 20.0 Å². The number of hydrogen-bond acceptors (Lipinski definition) is 8. The first kappa shape index (κ1) is 11.0. The summed E-state index contributed by atoms with van der Waals surface area (Å²) in [6, 6.07) is 0. The van der Waals surface area contributed by atoms with Gasteiger partial charge in [-0.3, -0.25) is 0 Å². The molecule has 0 aromatic heterocycles. The molecule has 0 aliphatic carbocycles. The van der Waals surface area contributed by atoms with E-state index >= 15 is 0 Å². The maximum absolute atomic E-state index is 8.09. The first-order valence-corrected chi connectivity index (χ1v) is 7.19. The molecule has 0 amide bonds. The van der Waals surface area contributed by atoms with Gasteiger partial charge in [-0.2, -0.15) is 0 Å². The van der Waals surface area contributed by atoms with Crippen LogP contribution in [0.5, 0.6) is 0 Å². The van der Waals surface area contributed by atoms with E-state index in [1.165, 1.54) is 0 Å². The molecule has 9 heteroatoms. The van der Waals surface area contributed by atoms with Gasteiger partial charge < -0.3 is 0 Å². The van der Waals surface area contributed by atoms with Crippen molar-refractivity contribution in [1.29, 1.82) is 21.0 Å². The fourth-order valence-corrected chi connectivity index (χ4v) is 2.34. The Balaban J connectivity index is 4.66. The third-order valence-corrected chi connectivity index (χ3v) is 4.58. The molecule has 0 aromatic rings. The van der Waals surface area contributed by atoms with Gasteiger partial charge in [-0.1, -0.05) is 0 Å². The summed E-state index contributed by atoms with van der Waals surface area (Å²) in [7, 11) is 0. The maximum atomic E-state index is 8.09. The zero-order valence-corrected chi connectivity index (χ0v) is 8.78. The first-order valence-electron chi connectivity index (χ1n) is 2.53. The first-order chi connectivity index (χ1) is 6.24. The second-order valence-electron chi connectivity index (χ2n) is 1.27. The van der Waals surface area contributed by atoms with Crippen molar-refractivity contribution in [2.24, 2.45) is 0 Å². The average molecular weight is 287 g/mol. The molecule has 0 aromatic carbocycles. The molecule has 0 saturated heterocycles. The van der Waals surface area contributed by atoms with Crippen molar-refractivity contribution in [1.82, 2.24) is 0 Å². The Bertz CT molecular complexity index is 261. The van der Waals surface area contributed by atoms with Crippen molar-refractivity contribution in [2.45, 2.75) is 0 Å². The number of hydrogen-bond donors (Lipinski definition) is 0. The van der Waals surface area contributed by atoms with Crippen LogP contribution in [0.25, 0.3) is 0 Å². The van der Waals surface area contributed by atoms with Crippen LogP contribution in [0.2, 0.25) is 0 Å². The van der Waals surface area contributed by atoms with Gasteiger partial charge in [0.1, 0.15) is 0 Å². The zero-order valence-electron chi connectivity index (χ0n) is 5.92. The molecule has 0 heterocycles. The molecule has 0 spiro atoms. The molecule has 0 saturated carbocycles. The van der Waals surface area contributed by atoms with Crippen molar-refractivity contribution in [3.8, 4) is 25.0 Å². The monoisotopic (exact) mass is 288 g/mol. The SMILES string of the molecule is N#C[O][Sn]([O]C#N)([O]C#N)[O]C#N. The molecule has 64 valence electrons. The van der Waals surface area contributed by atoms with E-state index < -0.39 is 20.0 Å². The fraction of sp³-hybridized carbons (Fsp3) is 0. The Kier molecular flexibility index (Phi) is 4.71. The van der Waals surface area contributed by atoms with Crippen molar-refractivity contribution in [2.75, 3.05) is 0 Å². The molecule has 13 heavy (non-hydrogen) atoms. The summed E-state index contributed by atoms with van der Waals surface area (Å²) < 4.78 is 16.5. The molecule has 0 bridgehead atoms. The van der Waals surface area contributed by atoms with Crippen LogP contribution in [0.15, 0.2) is 0 Å². The summed E-state index contributed by atoms with van der Waals surface area (Å²) in [5, 5.41) is 32.4. The Labute approximate surface area is 78.7 Å². The summed E-state index contributed by atoms with van der Waals surface area (Å²) in [5.41, 5.74) is 0. The Morgan fingerprint density at radius 3 is 1.00 bits per heavy atom. The molecule has 0 radical (unpaired) electrons. The van der Waals surface area contributed by atoms with E-state index in [0.29, 0.717) is 0 Å². The van der Waals surface area contributed by atoms with E-state index in [2.05, 4.69) is 12.3 Å². The second-order valence-corrected chi connectivity index (χ2v) is 6.46. The van der Waals surface area contributed by atoms with Crippen molar-refractivity contribution in [3.05, 3.63) is 0 Å². The molecule has 0 rings (SSSR count). The second kappa shape index (κ2) is 5.59. The van der Waals surface area contributed by atoms with Crippen LogP contribution in [-0.2, 0) is 12.3 Å². The molecule has 0 aliphatic rings. The zero-order chi connectivity index (χ0) is 10.2. The van der Waals surface area contributed by atoms with Crippen LogP contribution in [0, 0.1) is 46.1 Å². The Morgan fingerprint density at radius 1 is 0.615 bits per heavy atom. The molecule has 0 N–H and O–H groups in total. The normalized spacial score (nSPS) is 7.69. The van der Waals surface area contributed by atoms with Crippen molar-refractivity contribution < 1.29 is 12.3 Å². The number of nitrogens with zero attached hydrogens (tertiary/aromatic N) is 4. The van der Waals surface area contributed by atoms with Crippen LogP contribution in [-0.4, -0.2) is 20.0 Å². The van der Waals surface area contributed by atoms with Crippen LogP contribution in [0.1, 0.15) is 0 Å². The number of rotatable bonds is 4. The van der Waals surface area contributed by atoms with Gasteiger partial charge in [-0.15, -0.1) is 0 Å². The van der Waals surface area contributed by atoms with Gasteiger partial charge in [0.25, 0.3) is 0 Å². The van der Waals surface area contributed by atoms with Gasteiger partial charge in [-0.25, -0.2) is 0 Å². The third kappa shape index (κ3) is 3.24. The van der Waals surface area contributed by atoms with Gasteiger partial charge >= 0.3 is 78.4 Å². The molecule has 0 fully saturated rings. The molecular formula is C4N4O4Sn. The summed E-state index contributed by atoms with van der Waals surface area (Å²) in [6.45, 7) is 0. The fourth-order valence-electron chi connectivity index (χ4n) is 0.349. The van der Waals surface area contributed by atoms with E-state index in [-0.39, 0.29) is 0 Å². The predicted molar refractivity (Wildman–Crippen MR) is 32.5 cm³/mol. The van der Waals surface area contributed by atoms with Crippen molar-refractivity contribution in [3.63, 3.8) is 0 Å². The topological polar surface area (TPSA) is 132 Å². The predicted octanol–water partition coefficient (Wildman–Crippen LogP) is -0.587. The van der Waals surface area contributed by atoms with Gasteiger partial charge in [0.15, 0.2) is 0 Å². The van der Waals surface area contributed by atoms with E-state index in [4.69, 9.17) is 21.0 Å². The average Bonchev–Trinajstić information content (AvgIpc) is 2.06. The minimum absolute atomic E-state index is 1.13. The molecule has 0 aliphatic heterocycles. The summed E-state index contributed by atoms with van der Waals surface area (Å²) in [5.74, 6) is 0. The molecular weight excluding hydrogens is 287 g/mol. The van der Waals surface area contributed by atoms with E-state index in [1.54, 1.807) is 0 Å². The van der Waals surface area contributed by atoms with Gasteiger partial charge in [0, 0.05) is 0 Å². The number of nitriles is 4. The molecule has 0 atom stereocenters. The van der Waals surface area contributed by atoms with Crippen LogP contribution < -0.4 is 0 Å². The quantitative estimate of drug-likeness (QED) is 0.495. The third-order valence-electron chi connectivity index (χ3n) is 0.683. The van der Waals surface area contributed by atoms with Crippen LogP contribution in [0.3, 0.4) is 0 Å². The van der Waals surface area contributed by atoms with Gasteiger partial charge in [0.2, 0.25) is 0 Å². The molecule has 8 nitrogen and oxygen atoms in total. The van der Waals surface area contributed by atoms with Crippen LogP contribution in [0.4, 0.5) is 0 Å². The summed E-state index contributed by atoms with van der Waals surface area (Å²) >= 11 is -5.01. The van der Waals surface area contributed by atoms with Gasteiger partial charge in [-0.05, 0) is 0 Å². The summed E-state index contributed by atoms with van der Waals surface area (Å²) in [6.07, 6.45) is 4.51. The Morgan fingerprint density at radius 2 is 0.846 bits per heavy atom. The molecule has 0 unspecified atom stereocenters. The van der Waals surface area contributed by atoms with Gasteiger partial charge in [0.05, 0.1) is 0 Å². The minimum atomic E-state index is -5.01. The van der Waals surface area contributed by atoms with Crippen LogP contribution >= 0.6 is 0 Å². The Hall–Kier alpha value is -2.04. The van der Waals surface area contributed by atoms with E-state index in [0.717, 1.165) is 25.0 Å². The summed E-state index contributed by atoms with van der Waals surface area (Å²) in [4.78, 5) is 0. The van der Waals surface area contributed by atoms with E-state index in [9.17, 15) is 0 Å². The standard InChI is InChI=1S/4CHNO.Sn/c4*2-1-3;/h4*3H;/q;;;;+4/p-4. The van der Waals surface area contributed by atoms with E-state index in [1.807, 2.05) is 0 Å².